The van der Waals surface area contributed by atoms with Crippen LogP contribution < -0.4 is 0 Å². The molecule has 0 fully saturated rings. The molecule has 0 radical (unpaired) electrons. The number of halogens is 1. The van der Waals surface area contributed by atoms with E-state index in [0.29, 0.717) is 5.88 Å². The van der Waals surface area contributed by atoms with Gasteiger partial charge in [-0.15, -0.1) is 11.6 Å². The first-order valence-corrected chi connectivity index (χ1v) is 9.41. The van der Waals surface area contributed by atoms with Gasteiger partial charge in [-0.3, -0.25) is 0 Å². The van der Waals surface area contributed by atoms with Crippen molar-refractivity contribution in [2.45, 2.75) is 57.8 Å². The quantitative estimate of drug-likeness (QED) is 0.511. The topological polar surface area (TPSA) is 18.5 Å². The summed E-state index contributed by atoms with van der Waals surface area (Å²) >= 11 is 5.70. The van der Waals surface area contributed by atoms with Crippen LogP contribution in [0.25, 0.3) is 0 Å². The van der Waals surface area contributed by atoms with E-state index >= 15 is 0 Å². The molecule has 0 amide bonds. The molecule has 0 spiro atoms. The van der Waals surface area contributed by atoms with Gasteiger partial charge in [0.05, 0.1) is 6.10 Å². The molecule has 1 atom stereocenters. The van der Waals surface area contributed by atoms with E-state index < -0.39 is 8.32 Å². The third-order valence-corrected chi connectivity index (χ3v) is 8.23. The normalized spacial score (nSPS) is 15.2. The van der Waals surface area contributed by atoms with E-state index in [1.807, 2.05) is 0 Å². The minimum atomic E-state index is -1.60. The maximum absolute atomic E-state index is 6.09. The number of hydrogen-bond acceptors (Lipinski definition) is 2. The Bertz CT molecular complexity index is 190. The summed E-state index contributed by atoms with van der Waals surface area (Å²) < 4.78 is 11.4. The first-order chi connectivity index (χ1) is 7.24. The fourth-order valence-electron chi connectivity index (χ4n) is 1.16. The van der Waals surface area contributed by atoms with Crippen molar-refractivity contribution in [2.75, 3.05) is 19.6 Å². The van der Waals surface area contributed by atoms with E-state index in [4.69, 9.17) is 20.8 Å². The lowest BCUT2D eigenvalue weighted by molar-refractivity contribution is 0.0770. The van der Waals surface area contributed by atoms with Crippen molar-refractivity contribution in [3.8, 4) is 0 Å². The van der Waals surface area contributed by atoms with Crippen LogP contribution in [-0.2, 0) is 9.16 Å². The molecule has 2 nitrogen and oxygen atoms in total. The molecule has 0 aliphatic rings. The van der Waals surface area contributed by atoms with Crippen molar-refractivity contribution < 1.29 is 9.16 Å². The van der Waals surface area contributed by atoms with Crippen LogP contribution in [0.4, 0.5) is 0 Å². The predicted octanol–water partition coefficient (Wildman–Crippen LogP) is 4.04. The molecule has 16 heavy (non-hydrogen) atoms. The fraction of sp³-hybridized carbons (Fsp3) is 1.00. The van der Waals surface area contributed by atoms with Crippen molar-refractivity contribution in [3.05, 3.63) is 0 Å². The van der Waals surface area contributed by atoms with Crippen molar-refractivity contribution in [2.24, 2.45) is 0 Å². The van der Waals surface area contributed by atoms with E-state index in [2.05, 4.69) is 33.9 Å². The van der Waals surface area contributed by atoms with Gasteiger partial charge in [-0.25, -0.2) is 0 Å². The molecule has 0 aromatic rings. The largest absolute Gasteiger partial charge is 0.417 e. The molecule has 0 rings (SSSR count). The van der Waals surface area contributed by atoms with Gasteiger partial charge < -0.3 is 9.16 Å². The molecule has 0 aromatic carbocycles. The van der Waals surface area contributed by atoms with E-state index in [0.717, 1.165) is 19.4 Å². The Balaban J connectivity index is 3.97. The fourth-order valence-corrected chi connectivity index (χ4v) is 2.47. The highest BCUT2D eigenvalue weighted by Crippen LogP contribution is 2.36. The predicted molar refractivity (Wildman–Crippen MR) is 73.9 cm³/mol. The number of hydrogen-bond donors (Lipinski definition) is 0. The van der Waals surface area contributed by atoms with E-state index in [1.54, 1.807) is 7.11 Å². The smallest absolute Gasteiger partial charge is 0.191 e. The third-order valence-electron chi connectivity index (χ3n) is 3.47. The second-order valence-corrected chi connectivity index (χ2v) is 10.9. The van der Waals surface area contributed by atoms with Crippen molar-refractivity contribution in [3.63, 3.8) is 0 Å². The molecular weight excluding hydrogens is 240 g/mol. The van der Waals surface area contributed by atoms with Crippen LogP contribution in [0.2, 0.25) is 18.1 Å². The molecule has 0 N–H and O–H groups in total. The molecule has 4 heteroatoms. The van der Waals surface area contributed by atoms with Crippen LogP contribution in [0.3, 0.4) is 0 Å². The van der Waals surface area contributed by atoms with Crippen molar-refractivity contribution in [1.29, 1.82) is 0 Å². The summed E-state index contributed by atoms with van der Waals surface area (Å²) in [4.78, 5) is 0. The summed E-state index contributed by atoms with van der Waals surface area (Å²) in [6, 6.07) is 0. The second-order valence-electron chi connectivity index (χ2n) is 5.73. The lowest BCUT2D eigenvalue weighted by Crippen LogP contribution is -2.41. The Morgan fingerprint density at radius 3 is 2.12 bits per heavy atom. The zero-order valence-corrected chi connectivity index (χ0v) is 13.4. The van der Waals surface area contributed by atoms with Crippen molar-refractivity contribution in [1.82, 2.24) is 0 Å². The van der Waals surface area contributed by atoms with Gasteiger partial charge in [-0.05, 0) is 31.0 Å². The standard InChI is InChI=1S/C12H27ClO2Si/c1-12(2,3)16(5,6)15-10-8-11(14-4)7-9-13/h11H,7-10H2,1-6H3/t11-/m0/s1. The van der Waals surface area contributed by atoms with Crippen LogP contribution in [0.1, 0.15) is 33.6 Å². The molecule has 0 aliphatic heterocycles. The zero-order chi connectivity index (χ0) is 12.8. The molecule has 0 unspecified atom stereocenters. The number of methoxy groups -OCH3 is 1. The summed E-state index contributed by atoms with van der Waals surface area (Å²) in [6.45, 7) is 12.1. The first kappa shape index (κ1) is 16.4. The zero-order valence-electron chi connectivity index (χ0n) is 11.6. The molecule has 0 heterocycles. The Hall–Kier alpha value is 0.427. The van der Waals surface area contributed by atoms with Crippen LogP contribution in [0.5, 0.6) is 0 Å². The van der Waals surface area contributed by atoms with Crippen LogP contribution >= 0.6 is 11.6 Å². The minimum absolute atomic E-state index is 0.238. The highest BCUT2D eigenvalue weighted by Gasteiger charge is 2.36. The summed E-state index contributed by atoms with van der Waals surface area (Å²) in [5, 5.41) is 0.280. The Labute approximate surface area is 107 Å². The molecule has 0 aromatic heterocycles. The monoisotopic (exact) mass is 266 g/mol. The van der Waals surface area contributed by atoms with Crippen LogP contribution in [-0.4, -0.2) is 34.0 Å². The van der Waals surface area contributed by atoms with E-state index in [1.165, 1.54) is 0 Å². The summed E-state index contributed by atoms with van der Waals surface area (Å²) in [5.74, 6) is 0.651. The molecule has 0 bridgehead atoms. The maximum atomic E-state index is 6.09. The lowest BCUT2D eigenvalue weighted by atomic mass is 10.2. The van der Waals surface area contributed by atoms with Gasteiger partial charge in [-0.1, -0.05) is 20.8 Å². The van der Waals surface area contributed by atoms with Gasteiger partial charge in [-0.2, -0.15) is 0 Å². The molecule has 0 aliphatic carbocycles. The molecule has 0 saturated carbocycles. The Kier molecular flexibility index (Phi) is 7.18. The van der Waals surface area contributed by atoms with E-state index in [-0.39, 0.29) is 11.1 Å². The summed E-state index contributed by atoms with van der Waals surface area (Å²) in [7, 11) is 0.144. The Morgan fingerprint density at radius 1 is 1.19 bits per heavy atom. The average molecular weight is 267 g/mol. The number of ether oxygens (including phenoxy) is 1. The minimum Gasteiger partial charge on any atom is -0.417 e. The maximum Gasteiger partial charge on any atom is 0.191 e. The third kappa shape index (κ3) is 5.67. The van der Waals surface area contributed by atoms with Crippen molar-refractivity contribution >= 4 is 19.9 Å². The molecule has 0 saturated heterocycles. The first-order valence-electron chi connectivity index (χ1n) is 5.97. The van der Waals surface area contributed by atoms with Gasteiger partial charge in [0, 0.05) is 19.6 Å². The van der Waals surface area contributed by atoms with Gasteiger partial charge in [0.25, 0.3) is 0 Å². The molecule has 98 valence electrons. The van der Waals surface area contributed by atoms with Crippen LogP contribution in [0.15, 0.2) is 0 Å². The van der Waals surface area contributed by atoms with Gasteiger partial charge in [0.15, 0.2) is 8.32 Å². The number of alkyl halides is 1. The summed E-state index contributed by atoms with van der Waals surface area (Å²) in [6.07, 6.45) is 2.08. The van der Waals surface area contributed by atoms with Gasteiger partial charge >= 0.3 is 0 Å². The van der Waals surface area contributed by atoms with Gasteiger partial charge in [0.1, 0.15) is 0 Å². The lowest BCUT2D eigenvalue weighted by Gasteiger charge is -2.36. The number of rotatable bonds is 7. The Morgan fingerprint density at radius 2 is 1.75 bits per heavy atom. The van der Waals surface area contributed by atoms with Gasteiger partial charge in [0.2, 0.25) is 0 Å². The highest BCUT2D eigenvalue weighted by molar-refractivity contribution is 6.74. The van der Waals surface area contributed by atoms with Crippen LogP contribution in [0, 0.1) is 0 Å². The molecular formula is C12H27ClO2Si. The van der Waals surface area contributed by atoms with E-state index in [9.17, 15) is 0 Å². The second kappa shape index (κ2) is 6.99. The summed E-state index contributed by atoms with van der Waals surface area (Å²) in [5.41, 5.74) is 0. The SMILES string of the molecule is CO[C@@H](CCCl)CCO[Si](C)(C)C(C)(C)C. The highest BCUT2D eigenvalue weighted by atomic mass is 35.5. The average Bonchev–Trinajstić information content (AvgIpc) is 2.14.